The number of para-hydroxylation sites is 1. The third-order valence-corrected chi connectivity index (χ3v) is 5.93. The molecule has 1 aliphatic heterocycles. The number of benzene rings is 3. The molecule has 4 heteroatoms. The number of Topliss-reactive ketones (excluding diaryl/α,β-unsaturated/α-hetero) is 1. The number of aryl methyl sites for hydroxylation is 2. The number of fused-ring (bicyclic) bond motifs is 1. The van der Waals surface area contributed by atoms with Crippen LogP contribution in [0.15, 0.2) is 72.8 Å². The molecule has 3 aromatic carbocycles. The Kier molecular flexibility index (Phi) is 5.27. The van der Waals surface area contributed by atoms with Crippen LogP contribution in [-0.4, -0.2) is 16.8 Å². The highest BCUT2D eigenvalue weighted by Gasteiger charge is 2.50. The summed E-state index contributed by atoms with van der Waals surface area (Å²) in [7, 11) is 0. The monoisotopic (exact) mass is 399 g/mol. The van der Waals surface area contributed by atoms with E-state index in [1.54, 1.807) is 29.2 Å². The summed E-state index contributed by atoms with van der Waals surface area (Å²) in [6, 6.07) is 22.4. The van der Waals surface area contributed by atoms with Crippen LogP contribution in [0, 0.1) is 6.92 Å². The van der Waals surface area contributed by atoms with Gasteiger partial charge in [-0.05, 0) is 36.1 Å². The van der Waals surface area contributed by atoms with Gasteiger partial charge in [0.15, 0.2) is 11.4 Å². The number of hydrogen-bond acceptors (Lipinski definition) is 3. The molecule has 0 spiro atoms. The van der Waals surface area contributed by atoms with Crippen LogP contribution in [0.3, 0.4) is 0 Å². The zero-order chi connectivity index (χ0) is 21.3. The summed E-state index contributed by atoms with van der Waals surface area (Å²) >= 11 is 0. The van der Waals surface area contributed by atoms with Gasteiger partial charge in [0, 0.05) is 11.1 Å². The zero-order valence-electron chi connectivity index (χ0n) is 17.3. The van der Waals surface area contributed by atoms with Crippen molar-refractivity contribution in [1.82, 2.24) is 0 Å². The van der Waals surface area contributed by atoms with Crippen LogP contribution in [0.2, 0.25) is 0 Å². The van der Waals surface area contributed by atoms with Crippen molar-refractivity contribution < 1.29 is 14.7 Å². The number of hydrogen-bond donors (Lipinski definition) is 1. The van der Waals surface area contributed by atoms with Gasteiger partial charge in [0.25, 0.3) is 5.91 Å². The molecule has 0 radical (unpaired) electrons. The first kappa shape index (κ1) is 20.0. The van der Waals surface area contributed by atoms with Crippen LogP contribution >= 0.6 is 0 Å². The van der Waals surface area contributed by atoms with E-state index in [0.29, 0.717) is 23.4 Å². The lowest BCUT2D eigenvalue weighted by atomic mass is 9.88. The Morgan fingerprint density at radius 2 is 1.63 bits per heavy atom. The van der Waals surface area contributed by atoms with E-state index in [2.05, 4.69) is 6.92 Å². The minimum absolute atomic E-state index is 0.249. The molecule has 1 unspecified atom stereocenters. The summed E-state index contributed by atoms with van der Waals surface area (Å²) in [6.45, 7) is 4.40. The highest BCUT2D eigenvalue weighted by Crippen LogP contribution is 2.43. The van der Waals surface area contributed by atoms with E-state index in [1.165, 1.54) is 0 Å². The molecular weight excluding hydrogens is 374 g/mol. The van der Waals surface area contributed by atoms with Crippen LogP contribution in [-0.2, 0) is 23.4 Å². The number of nitrogens with zero attached hydrogens (tertiary/aromatic N) is 1. The maximum absolute atomic E-state index is 13.4. The van der Waals surface area contributed by atoms with Crippen LogP contribution in [0.4, 0.5) is 5.69 Å². The fourth-order valence-electron chi connectivity index (χ4n) is 4.05. The molecule has 4 nitrogen and oxygen atoms in total. The molecule has 3 aromatic rings. The van der Waals surface area contributed by atoms with Gasteiger partial charge < -0.3 is 10.0 Å². The number of ketones is 1. The van der Waals surface area contributed by atoms with Gasteiger partial charge in [-0.3, -0.25) is 9.59 Å². The van der Waals surface area contributed by atoms with Crippen molar-refractivity contribution in [2.24, 2.45) is 0 Å². The van der Waals surface area contributed by atoms with E-state index in [4.69, 9.17) is 0 Å². The Morgan fingerprint density at radius 3 is 2.33 bits per heavy atom. The number of amides is 1. The summed E-state index contributed by atoms with van der Waals surface area (Å²) in [4.78, 5) is 27.9. The number of aliphatic hydroxyl groups is 1. The maximum Gasteiger partial charge on any atom is 0.264 e. The average molecular weight is 399 g/mol. The first-order chi connectivity index (χ1) is 14.4. The minimum Gasteiger partial charge on any atom is -0.375 e. The molecule has 0 aliphatic carbocycles. The van der Waals surface area contributed by atoms with Crippen molar-refractivity contribution in [3.8, 4) is 0 Å². The molecule has 0 aromatic heterocycles. The summed E-state index contributed by atoms with van der Waals surface area (Å²) in [6.07, 6.45) is 0.608. The van der Waals surface area contributed by atoms with E-state index >= 15 is 0 Å². The minimum atomic E-state index is -1.86. The summed E-state index contributed by atoms with van der Waals surface area (Å²) in [5, 5.41) is 11.5. The second-order valence-electron chi connectivity index (χ2n) is 7.85. The maximum atomic E-state index is 13.4. The van der Waals surface area contributed by atoms with Crippen LogP contribution in [0.1, 0.15) is 46.0 Å². The summed E-state index contributed by atoms with van der Waals surface area (Å²) in [5.74, 6) is -0.702. The standard InChI is InChI=1S/C26H25NO3/c1-3-19-12-14-20(15-13-19)24(28)16-26(30)22-10-6-7-11-23(22)27(25(26)29)17-21-9-5-4-8-18(21)2/h4-15,30H,3,16-17H2,1-2H3. The van der Waals surface area contributed by atoms with Crippen molar-refractivity contribution in [3.63, 3.8) is 0 Å². The first-order valence-corrected chi connectivity index (χ1v) is 10.2. The molecule has 0 bridgehead atoms. The predicted octanol–water partition coefficient (Wildman–Crippen LogP) is 4.56. The SMILES string of the molecule is CCc1ccc(C(=O)CC2(O)C(=O)N(Cc3ccccc3C)c3ccccc32)cc1. The molecule has 1 amide bonds. The fourth-order valence-corrected chi connectivity index (χ4v) is 4.05. The van der Waals surface area contributed by atoms with Gasteiger partial charge in [-0.1, -0.05) is 73.7 Å². The molecule has 0 saturated heterocycles. The molecule has 1 atom stereocenters. The van der Waals surface area contributed by atoms with E-state index in [1.807, 2.05) is 55.5 Å². The molecule has 152 valence electrons. The predicted molar refractivity (Wildman–Crippen MR) is 117 cm³/mol. The quantitative estimate of drug-likeness (QED) is 0.618. The molecule has 1 N–H and O–H groups in total. The van der Waals surface area contributed by atoms with Crippen molar-refractivity contribution in [2.45, 2.75) is 38.8 Å². The lowest BCUT2D eigenvalue weighted by Gasteiger charge is -2.23. The molecule has 30 heavy (non-hydrogen) atoms. The number of carbonyl (C=O) groups is 2. The summed E-state index contributed by atoms with van der Waals surface area (Å²) in [5.41, 5.74) is 3.00. The Morgan fingerprint density at radius 1 is 0.967 bits per heavy atom. The van der Waals surface area contributed by atoms with Gasteiger partial charge in [-0.25, -0.2) is 0 Å². The Hall–Kier alpha value is -3.24. The third-order valence-electron chi connectivity index (χ3n) is 5.93. The largest absolute Gasteiger partial charge is 0.375 e. The Balaban J connectivity index is 1.66. The van der Waals surface area contributed by atoms with Crippen molar-refractivity contribution in [2.75, 3.05) is 4.90 Å². The topological polar surface area (TPSA) is 57.6 Å². The average Bonchev–Trinajstić information content (AvgIpc) is 2.97. The second kappa shape index (κ2) is 7.88. The van der Waals surface area contributed by atoms with Crippen molar-refractivity contribution in [1.29, 1.82) is 0 Å². The highest BCUT2D eigenvalue weighted by molar-refractivity contribution is 6.10. The number of carbonyl (C=O) groups excluding carboxylic acids is 2. The number of anilines is 1. The van der Waals surface area contributed by atoms with E-state index in [-0.39, 0.29) is 12.2 Å². The Labute approximate surface area is 176 Å². The van der Waals surface area contributed by atoms with E-state index < -0.39 is 11.5 Å². The molecule has 1 aliphatic rings. The van der Waals surface area contributed by atoms with E-state index in [9.17, 15) is 14.7 Å². The van der Waals surface area contributed by atoms with Gasteiger partial charge in [-0.2, -0.15) is 0 Å². The Bertz CT molecular complexity index is 1100. The van der Waals surface area contributed by atoms with Gasteiger partial charge in [0.05, 0.1) is 18.7 Å². The smallest absolute Gasteiger partial charge is 0.264 e. The third kappa shape index (κ3) is 3.44. The van der Waals surface area contributed by atoms with Crippen LogP contribution in [0.25, 0.3) is 0 Å². The fraction of sp³-hybridized carbons (Fsp3) is 0.231. The van der Waals surface area contributed by atoms with Crippen molar-refractivity contribution in [3.05, 3.63) is 101 Å². The van der Waals surface area contributed by atoms with Gasteiger partial charge in [0.2, 0.25) is 0 Å². The number of rotatable bonds is 6. The summed E-state index contributed by atoms with van der Waals surface area (Å²) < 4.78 is 0. The van der Waals surface area contributed by atoms with E-state index in [0.717, 1.165) is 23.1 Å². The van der Waals surface area contributed by atoms with Gasteiger partial charge in [-0.15, -0.1) is 0 Å². The molecule has 0 fully saturated rings. The molecule has 4 rings (SSSR count). The highest BCUT2D eigenvalue weighted by atomic mass is 16.3. The first-order valence-electron chi connectivity index (χ1n) is 10.2. The molecule has 0 saturated carbocycles. The van der Waals surface area contributed by atoms with Crippen molar-refractivity contribution >= 4 is 17.4 Å². The van der Waals surface area contributed by atoms with Gasteiger partial charge >= 0.3 is 0 Å². The lowest BCUT2D eigenvalue weighted by Crippen LogP contribution is -2.41. The van der Waals surface area contributed by atoms with Crippen LogP contribution < -0.4 is 4.90 Å². The lowest BCUT2D eigenvalue weighted by molar-refractivity contribution is -0.136. The van der Waals surface area contributed by atoms with Crippen LogP contribution in [0.5, 0.6) is 0 Å². The molecule has 1 heterocycles. The second-order valence-corrected chi connectivity index (χ2v) is 7.85. The molecular formula is C26H25NO3. The zero-order valence-corrected chi connectivity index (χ0v) is 17.3. The van der Waals surface area contributed by atoms with Gasteiger partial charge in [0.1, 0.15) is 0 Å². The normalized spacial score (nSPS) is 17.8.